The molecule has 1 atom stereocenters. The zero-order chi connectivity index (χ0) is 29.3. The number of nitrogens with zero attached hydrogens (tertiary/aromatic N) is 2. The lowest BCUT2D eigenvalue weighted by Gasteiger charge is -2.26. The number of fused-ring (bicyclic) bond motifs is 1. The van der Waals surface area contributed by atoms with E-state index in [1.807, 2.05) is 0 Å². The van der Waals surface area contributed by atoms with E-state index in [1.54, 1.807) is 31.2 Å². The van der Waals surface area contributed by atoms with Gasteiger partial charge in [-0.1, -0.05) is 18.2 Å². The van der Waals surface area contributed by atoms with Gasteiger partial charge in [-0.2, -0.15) is 4.31 Å². The number of esters is 1. The highest BCUT2D eigenvalue weighted by atomic mass is 32.2. The third-order valence-corrected chi connectivity index (χ3v) is 8.77. The van der Waals surface area contributed by atoms with Crippen LogP contribution in [0.25, 0.3) is 0 Å². The van der Waals surface area contributed by atoms with Crippen LogP contribution in [0, 0.1) is 6.92 Å². The summed E-state index contributed by atoms with van der Waals surface area (Å²) in [6.07, 6.45) is -1.21. The molecule has 41 heavy (non-hydrogen) atoms. The topological polar surface area (TPSA) is 139 Å². The second-order valence-electron chi connectivity index (χ2n) is 9.57. The first kappa shape index (κ1) is 28.1. The Balaban J connectivity index is 1.23. The van der Waals surface area contributed by atoms with Crippen LogP contribution >= 0.6 is 0 Å². The van der Waals surface area contributed by atoms with Crippen molar-refractivity contribution in [2.75, 3.05) is 36.5 Å². The van der Waals surface area contributed by atoms with Crippen LogP contribution in [0.2, 0.25) is 0 Å². The standard InChI is InChI=1S/C29H27N3O8S/c1-18-5-3-4-6-25(18)32-27(34)23-12-7-20(17-24(23)28(32)35)29(36)40-19(2)26(33)30-21-8-10-22(11-9-21)41(37,38)31-13-15-39-16-14-31/h3-12,17,19H,13-16H2,1-2H3,(H,30,33). The van der Waals surface area contributed by atoms with Crippen molar-refractivity contribution in [3.8, 4) is 0 Å². The zero-order valence-corrected chi connectivity index (χ0v) is 23.1. The van der Waals surface area contributed by atoms with Gasteiger partial charge in [0.25, 0.3) is 17.7 Å². The van der Waals surface area contributed by atoms with Crippen molar-refractivity contribution in [2.45, 2.75) is 24.8 Å². The number of morpholine rings is 1. The summed E-state index contributed by atoms with van der Waals surface area (Å²) in [6.45, 7) is 4.36. The first-order valence-corrected chi connectivity index (χ1v) is 14.3. The molecular formula is C29H27N3O8S. The first-order valence-electron chi connectivity index (χ1n) is 12.9. The quantitative estimate of drug-likeness (QED) is 0.334. The fraction of sp³-hybridized carbons (Fsp3) is 0.241. The van der Waals surface area contributed by atoms with Crippen LogP contribution in [0.15, 0.2) is 71.6 Å². The highest BCUT2D eigenvalue weighted by Crippen LogP contribution is 2.31. The van der Waals surface area contributed by atoms with E-state index >= 15 is 0 Å². The maximum atomic E-state index is 13.1. The van der Waals surface area contributed by atoms with Crippen LogP contribution in [0.5, 0.6) is 0 Å². The molecule has 212 valence electrons. The van der Waals surface area contributed by atoms with Crippen LogP contribution in [0.3, 0.4) is 0 Å². The van der Waals surface area contributed by atoms with Crippen molar-refractivity contribution in [2.24, 2.45) is 0 Å². The minimum absolute atomic E-state index is 0.00820. The number of carbonyl (C=O) groups excluding carboxylic acids is 4. The largest absolute Gasteiger partial charge is 0.449 e. The Labute approximate surface area is 236 Å². The Bertz CT molecular complexity index is 1650. The van der Waals surface area contributed by atoms with Crippen LogP contribution in [0.4, 0.5) is 11.4 Å². The molecule has 5 rings (SSSR count). The Hall–Kier alpha value is -4.39. The normalized spacial score (nSPS) is 16.3. The van der Waals surface area contributed by atoms with Gasteiger partial charge in [-0.05, 0) is 67.9 Å². The lowest BCUT2D eigenvalue weighted by molar-refractivity contribution is -0.123. The van der Waals surface area contributed by atoms with Gasteiger partial charge in [0.15, 0.2) is 6.10 Å². The van der Waals surface area contributed by atoms with E-state index in [0.29, 0.717) is 24.6 Å². The van der Waals surface area contributed by atoms with E-state index in [0.717, 1.165) is 10.5 Å². The fourth-order valence-electron chi connectivity index (χ4n) is 4.57. The molecule has 1 unspecified atom stereocenters. The number of hydrogen-bond donors (Lipinski definition) is 1. The number of imide groups is 1. The maximum Gasteiger partial charge on any atom is 0.338 e. The van der Waals surface area contributed by atoms with E-state index in [-0.39, 0.29) is 34.7 Å². The van der Waals surface area contributed by atoms with Gasteiger partial charge in [0.1, 0.15) is 0 Å². The number of hydrogen-bond acceptors (Lipinski definition) is 8. The summed E-state index contributed by atoms with van der Waals surface area (Å²) in [4.78, 5) is 52.7. The van der Waals surface area contributed by atoms with Gasteiger partial charge in [-0.15, -0.1) is 0 Å². The third kappa shape index (κ3) is 5.49. The molecule has 2 heterocycles. The summed E-state index contributed by atoms with van der Waals surface area (Å²) in [7, 11) is -3.68. The molecule has 12 heteroatoms. The number of benzene rings is 3. The minimum Gasteiger partial charge on any atom is -0.449 e. The van der Waals surface area contributed by atoms with Crippen molar-refractivity contribution in [3.05, 3.63) is 89.0 Å². The van der Waals surface area contributed by atoms with Crippen LogP contribution in [-0.4, -0.2) is 68.8 Å². The number of ether oxygens (including phenoxy) is 2. The van der Waals surface area contributed by atoms with Gasteiger partial charge < -0.3 is 14.8 Å². The van der Waals surface area contributed by atoms with Crippen molar-refractivity contribution < 1.29 is 37.1 Å². The smallest absolute Gasteiger partial charge is 0.338 e. The van der Waals surface area contributed by atoms with Gasteiger partial charge in [-0.3, -0.25) is 14.4 Å². The minimum atomic E-state index is -3.68. The number of rotatable bonds is 7. The number of sulfonamides is 1. The third-order valence-electron chi connectivity index (χ3n) is 6.86. The molecule has 0 radical (unpaired) electrons. The second-order valence-corrected chi connectivity index (χ2v) is 11.5. The molecule has 11 nitrogen and oxygen atoms in total. The zero-order valence-electron chi connectivity index (χ0n) is 22.3. The first-order chi connectivity index (χ1) is 19.6. The van der Waals surface area contributed by atoms with Crippen molar-refractivity contribution in [1.29, 1.82) is 0 Å². The number of anilines is 2. The second kappa shape index (κ2) is 11.2. The van der Waals surface area contributed by atoms with Gasteiger partial charge in [0.05, 0.1) is 40.5 Å². The van der Waals surface area contributed by atoms with Crippen molar-refractivity contribution in [3.63, 3.8) is 0 Å². The Morgan fingerprint density at radius 2 is 1.59 bits per heavy atom. The van der Waals surface area contributed by atoms with Crippen molar-refractivity contribution >= 4 is 45.1 Å². The van der Waals surface area contributed by atoms with Crippen LogP contribution in [0.1, 0.15) is 43.6 Å². The number of aryl methyl sites for hydroxylation is 1. The Morgan fingerprint density at radius 3 is 2.27 bits per heavy atom. The van der Waals surface area contributed by atoms with Crippen LogP contribution < -0.4 is 10.2 Å². The molecule has 1 N–H and O–H groups in total. The van der Waals surface area contributed by atoms with Crippen molar-refractivity contribution in [1.82, 2.24) is 4.31 Å². The SMILES string of the molecule is Cc1ccccc1N1C(=O)c2ccc(C(=O)OC(C)C(=O)Nc3ccc(S(=O)(=O)N4CCOCC4)cc3)cc2C1=O. The molecule has 0 bridgehead atoms. The van der Waals surface area contributed by atoms with E-state index in [4.69, 9.17) is 9.47 Å². The van der Waals surface area contributed by atoms with E-state index < -0.39 is 39.8 Å². The molecule has 1 fully saturated rings. The van der Waals surface area contributed by atoms with E-state index in [2.05, 4.69) is 5.32 Å². The molecule has 2 aliphatic heterocycles. The molecule has 0 saturated carbocycles. The molecular weight excluding hydrogens is 550 g/mol. The highest BCUT2D eigenvalue weighted by molar-refractivity contribution is 7.89. The van der Waals surface area contributed by atoms with E-state index in [1.165, 1.54) is 53.7 Å². The Morgan fingerprint density at radius 1 is 0.927 bits per heavy atom. The molecule has 3 amide bonds. The average Bonchev–Trinajstić information content (AvgIpc) is 3.22. The van der Waals surface area contributed by atoms with E-state index in [9.17, 15) is 27.6 Å². The lowest BCUT2D eigenvalue weighted by atomic mass is 10.1. The number of para-hydroxylation sites is 1. The summed E-state index contributed by atoms with van der Waals surface area (Å²) < 4.78 is 37.4. The summed E-state index contributed by atoms with van der Waals surface area (Å²) in [6, 6.07) is 16.7. The summed E-state index contributed by atoms with van der Waals surface area (Å²) in [5.74, 6) is -2.54. The predicted molar refractivity (Wildman–Crippen MR) is 148 cm³/mol. The average molecular weight is 578 g/mol. The highest BCUT2D eigenvalue weighted by Gasteiger charge is 2.38. The lowest BCUT2D eigenvalue weighted by Crippen LogP contribution is -2.40. The maximum absolute atomic E-state index is 13.1. The molecule has 0 spiro atoms. The van der Waals surface area contributed by atoms with Crippen LogP contribution in [-0.2, 0) is 24.3 Å². The molecule has 1 saturated heterocycles. The molecule has 3 aromatic rings. The monoisotopic (exact) mass is 577 g/mol. The molecule has 2 aliphatic rings. The Kier molecular flexibility index (Phi) is 7.72. The number of amides is 3. The fourth-order valence-corrected chi connectivity index (χ4v) is 5.98. The summed E-state index contributed by atoms with van der Waals surface area (Å²) >= 11 is 0. The van der Waals surface area contributed by atoms with Gasteiger partial charge in [-0.25, -0.2) is 18.1 Å². The van der Waals surface area contributed by atoms with Gasteiger partial charge in [0, 0.05) is 18.8 Å². The predicted octanol–water partition coefficient (Wildman–Crippen LogP) is 3.00. The molecule has 3 aromatic carbocycles. The molecule has 0 aromatic heterocycles. The number of carbonyl (C=O) groups is 4. The summed E-state index contributed by atoms with van der Waals surface area (Å²) in [5, 5.41) is 2.59. The number of nitrogens with one attached hydrogen (secondary N) is 1. The summed E-state index contributed by atoms with van der Waals surface area (Å²) in [5.41, 5.74) is 1.76. The molecule has 0 aliphatic carbocycles. The van der Waals surface area contributed by atoms with Gasteiger partial charge >= 0.3 is 5.97 Å². The van der Waals surface area contributed by atoms with Gasteiger partial charge in [0.2, 0.25) is 10.0 Å².